The minimum atomic E-state index is -2.90. The Morgan fingerprint density at radius 1 is 1.07 bits per heavy atom. The van der Waals surface area contributed by atoms with Crippen molar-refractivity contribution < 1.29 is 31.8 Å². The maximum Gasteiger partial charge on any atom is 0.513 e. The zero-order chi connectivity index (χ0) is 11.4. The van der Waals surface area contributed by atoms with Gasteiger partial charge in [-0.25, -0.2) is 13.6 Å². The lowest BCUT2D eigenvalue weighted by molar-refractivity contribution is -0.166. The first-order chi connectivity index (χ1) is 6.22. The minimum absolute atomic E-state index is 0.610. The van der Waals surface area contributed by atoms with E-state index in [0.29, 0.717) is 13.8 Å². The van der Waals surface area contributed by atoms with Crippen molar-refractivity contribution in [1.29, 1.82) is 0 Å². The van der Waals surface area contributed by atoms with E-state index in [2.05, 4.69) is 9.47 Å². The van der Waals surface area contributed by atoms with E-state index < -0.39 is 31.2 Å². The predicted octanol–water partition coefficient (Wildman–Crippen LogP) is 2.45. The highest BCUT2D eigenvalue weighted by Crippen LogP contribution is 2.18. The van der Waals surface area contributed by atoms with Gasteiger partial charge in [0.05, 0.1) is 0 Å². The van der Waals surface area contributed by atoms with E-state index in [9.17, 15) is 22.4 Å². The van der Waals surface area contributed by atoms with E-state index in [1.165, 1.54) is 0 Å². The van der Waals surface area contributed by atoms with Crippen LogP contribution in [0.4, 0.5) is 22.4 Å². The number of alkyl halides is 4. The summed E-state index contributed by atoms with van der Waals surface area (Å²) < 4.78 is 56.2. The predicted molar refractivity (Wildman–Crippen MR) is 38.5 cm³/mol. The average Bonchev–Trinajstić information content (AvgIpc) is 2.02. The molecule has 0 rings (SSSR count). The molecule has 2 atom stereocenters. The topological polar surface area (TPSA) is 35.5 Å². The third-order valence-electron chi connectivity index (χ3n) is 1.07. The standard InChI is InChI=1S/C7H10F4O3/c1-6(10,3-8)13-5(12)14-7(2,11)4-9/h3-4H2,1-2H3. The van der Waals surface area contributed by atoms with Crippen molar-refractivity contribution in [2.75, 3.05) is 13.3 Å². The first-order valence-corrected chi connectivity index (χ1v) is 3.64. The number of halogens is 4. The van der Waals surface area contributed by atoms with Crippen LogP contribution >= 0.6 is 0 Å². The molecule has 0 aliphatic heterocycles. The number of carbonyl (C=O) groups is 1. The summed E-state index contributed by atoms with van der Waals surface area (Å²) in [5, 5.41) is 0. The summed E-state index contributed by atoms with van der Waals surface area (Å²) in [4.78, 5) is 10.5. The molecule has 0 heterocycles. The second-order valence-corrected chi connectivity index (χ2v) is 2.92. The number of ether oxygens (including phenoxy) is 2. The van der Waals surface area contributed by atoms with Crippen LogP contribution in [0.15, 0.2) is 0 Å². The molecule has 0 aromatic rings. The quantitative estimate of drug-likeness (QED) is 0.537. The Morgan fingerprint density at radius 3 is 1.57 bits per heavy atom. The molecule has 0 amide bonds. The molecule has 0 saturated heterocycles. The third kappa shape index (κ3) is 4.88. The molecule has 0 aromatic heterocycles. The van der Waals surface area contributed by atoms with Gasteiger partial charge in [-0.2, -0.15) is 8.78 Å². The van der Waals surface area contributed by atoms with E-state index >= 15 is 0 Å². The van der Waals surface area contributed by atoms with Crippen LogP contribution in [0, 0.1) is 0 Å². The van der Waals surface area contributed by atoms with Crippen LogP contribution in [0.2, 0.25) is 0 Å². The smallest absolute Gasteiger partial charge is 0.394 e. The molecule has 3 nitrogen and oxygen atoms in total. The molecule has 0 saturated carbocycles. The maximum absolute atomic E-state index is 12.6. The van der Waals surface area contributed by atoms with E-state index in [0.717, 1.165) is 0 Å². The van der Waals surface area contributed by atoms with Gasteiger partial charge >= 0.3 is 6.16 Å². The summed E-state index contributed by atoms with van der Waals surface area (Å²) in [6, 6.07) is 0. The first kappa shape index (κ1) is 13.0. The molecule has 0 aliphatic carbocycles. The van der Waals surface area contributed by atoms with Crippen LogP contribution < -0.4 is 0 Å². The van der Waals surface area contributed by atoms with E-state index in [1.54, 1.807) is 0 Å². The molecule has 0 fully saturated rings. The van der Waals surface area contributed by atoms with Crippen LogP contribution in [0.1, 0.15) is 13.8 Å². The Kier molecular flexibility index (Phi) is 4.15. The highest BCUT2D eigenvalue weighted by Gasteiger charge is 2.34. The Balaban J connectivity index is 4.12. The molecular formula is C7H10F4O3. The number of hydrogen-bond donors (Lipinski definition) is 0. The van der Waals surface area contributed by atoms with Crippen molar-refractivity contribution in [1.82, 2.24) is 0 Å². The molecule has 7 heteroatoms. The van der Waals surface area contributed by atoms with Gasteiger partial charge in [-0.1, -0.05) is 0 Å². The fourth-order valence-electron chi connectivity index (χ4n) is 0.423. The lowest BCUT2D eigenvalue weighted by Gasteiger charge is -2.20. The second-order valence-electron chi connectivity index (χ2n) is 2.92. The molecule has 14 heavy (non-hydrogen) atoms. The van der Waals surface area contributed by atoms with Gasteiger partial charge in [0.25, 0.3) is 11.7 Å². The van der Waals surface area contributed by atoms with Crippen molar-refractivity contribution in [2.24, 2.45) is 0 Å². The zero-order valence-electron chi connectivity index (χ0n) is 7.65. The van der Waals surface area contributed by atoms with Crippen LogP contribution in [-0.4, -0.2) is 31.2 Å². The van der Waals surface area contributed by atoms with Crippen LogP contribution in [0.3, 0.4) is 0 Å². The molecule has 0 spiro atoms. The number of hydrogen-bond acceptors (Lipinski definition) is 3. The van der Waals surface area contributed by atoms with Crippen molar-refractivity contribution in [3.63, 3.8) is 0 Å². The molecule has 0 radical (unpaired) electrons. The lowest BCUT2D eigenvalue weighted by atomic mass is 10.4. The van der Waals surface area contributed by atoms with Crippen molar-refractivity contribution in [3.8, 4) is 0 Å². The molecule has 84 valence electrons. The summed E-state index contributed by atoms with van der Waals surface area (Å²) in [5.41, 5.74) is 0. The summed E-state index contributed by atoms with van der Waals surface area (Å²) in [6.07, 6.45) is -1.81. The fourth-order valence-corrected chi connectivity index (χ4v) is 0.423. The molecule has 2 unspecified atom stereocenters. The molecule has 0 N–H and O–H groups in total. The highest BCUT2D eigenvalue weighted by molar-refractivity contribution is 5.60. The van der Waals surface area contributed by atoms with Crippen LogP contribution in [0.5, 0.6) is 0 Å². The van der Waals surface area contributed by atoms with Gasteiger partial charge < -0.3 is 9.47 Å². The van der Waals surface area contributed by atoms with Crippen molar-refractivity contribution in [2.45, 2.75) is 25.6 Å². The SMILES string of the molecule is CC(F)(CF)OC(=O)OC(C)(F)CF. The number of carbonyl (C=O) groups excluding carboxylic acids is 1. The van der Waals surface area contributed by atoms with E-state index in [-0.39, 0.29) is 0 Å². The summed E-state index contributed by atoms with van der Waals surface area (Å²) in [7, 11) is 0. The van der Waals surface area contributed by atoms with E-state index in [1.807, 2.05) is 0 Å². The van der Waals surface area contributed by atoms with Crippen LogP contribution in [-0.2, 0) is 9.47 Å². The van der Waals surface area contributed by atoms with Gasteiger partial charge in [0.1, 0.15) is 0 Å². The normalized spacial score (nSPS) is 19.3. The Labute approximate surface area is 78.0 Å². The Hall–Kier alpha value is -1.01. The highest BCUT2D eigenvalue weighted by atomic mass is 19.2. The van der Waals surface area contributed by atoms with Crippen molar-refractivity contribution in [3.05, 3.63) is 0 Å². The minimum Gasteiger partial charge on any atom is -0.394 e. The Morgan fingerprint density at radius 2 is 1.36 bits per heavy atom. The summed E-state index contributed by atoms with van der Waals surface area (Å²) in [5.74, 6) is -5.80. The zero-order valence-corrected chi connectivity index (χ0v) is 7.65. The van der Waals surface area contributed by atoms with Gasteiger partial charge in [-0.3, -0.25) is 0 Å². The van der Waals surface area contributed by atoms with Gasteiger partial charge in [0.15, 0.2) is 13.3 Å². The lowest BCUT2D eigenvalue weighted by Crippen LogP contribution is -2.35. The first-order valence-electron chi connectivity index (χ1n) is 3.64. The second kappa shape index (κ2) is 4.47. The average molecular weight is 218 g/mol. The number of rotatable bonds is 4. The maximum atomic E-state index is 12.6. The summed E-state index contributed by atoms with van der Waals surface area (Å²) in [6.45, 7) is -2.00. The van der Waals surface area contributed by atoms with E-state index in [4.69, 9.17) is 0 Å². The largest absolute Gasteiger partial charge is 0.513 e. The molecule has 0 aromatic carbocycles. The molecule has 0 bridgehead atoms. The van der Waals surface area contributed by atoms with Gasteiger partial charge in [-0.05, 0) is 0 Å². The Bertz CT molecular complexity index is 185. The monoisotopic (exact) mass is 218 g/mol. The molecule has 0 aliphatic rings. The molecular weight excluding hydrogens is 208 g/mol. The summed E-state index contributed by atoms with van der Waals surface area (Å²) >= 11 is 0. The fraction of sp³-hybridized carbons (Fsp3) is 0.857. The van der Waals surface area contributed by atoms with Gasteiger partial charge in [0, 0.05) is 13.8 Å². The third-order valence-corrected chi connectivity index (χ3v) is 1.07. The van der Waals surface area contributed by atoms with Gasteiger partial charge in [0.2, 0.25) is 0 Å². The van der Waals surface area contributed by atoms with Gasteiger partial charge in [-0.15, -0.1) is 0 Å². The van der Waals surface area contributed by atoms with Crippen molar-refractivity contribution >= 4 is 6.16 Å². The van der Waals surface area contributed by atoms with Crippen LogP contribution in [0.25, 0.3) is 0 Å².